The lowest BCUT2D eigenvalue weighted by atomic mass is 10.0. The molecule has 174 valence electrons. The molecule has 0 aliphatic carbocycles. The first kappa shape index (κ1) is 25.2. The van der Waals surface area contributed by atoms with Crippen molar-refractivity contribution in [1.29, 1.82) is 0 Å². The Bertz CT molecular complexity index is 941. The van der Waals surface area contributed by atoms with E-state index in [2.05, 4.69) is 0 Å². The fourth-order valence-electron chi connectivity index (χ4n) is 3.36. The van der Waals surface area contributed by atoms with E-state index in [1.807, 2.05) is 46.8 Å². The van der Waals surface area contributed by atoms with E-state index in [4.69, 9.17) is 4.74 Å². The highest BCUT2D eigenvalue weighted by Crippen LogP contribution is 2.31. The van der Waals surface area contributed by atoms with Crippen LogP contribution in [0.3, 0.4) is 0 Å². The number of nitrogens with zero attached hydrogens (tertiary/aromatic N) is 2. The zero-order valence-corrected chi connectivity index (χ0v) is 19.2. The second kappa shape index (κ2) is 9.63. The molecular weight excluding hydrogens is 421 g/mol. The van der Waals surface area contributed by atoms with Crippen molar-refractivity contribution in [3.8, 4) is 5.75 Å². The second-order valence-corrected chi connectivity index (χ2v) is 8.58. The third-order valence-corrected chi connectivity index (χ3v) is 4.71. The number of halogens is 3. The monoisotopic (exact) mass is 450 g/mol. The second-order valence-electron chi connectivity index (χ2n) is 8.58. The molecule has 0 aromatic heterocycles. The predicted molar refractivity (Wildman–Crippen MR) is 118 cm³/mol. The molecule has 3 amide bonds. The van der Waals surface area contributed by atoms with Crippen molar-refractivity contribution in [3.63, 3.8) is 0 Å². The summed E-state index contributed by atoms with van der Waals surface area (Å²) in [5, 5.41) is 0. The molecule has 0 saturated carbocycles. The largest absolute Gasteiger partial charge is 0.488 e. The molecule has 0 heterocycles. The maximum absolute atomic E-state index is 13.0. The van der Waals surface area contributed by atoms with Gasteiger partial charge in [0, 0.05) is 12.2 Å². The zero-order valence-electron chi connectivity index (χ0n) is 19.2. The van der Waals surface area contributed by atoms with Crippen LogP contribution in [0, 0.1) is 13.8 Å². The van der Waals surface area contributed by atoms with Crippen molar-refractivity contribution in [3.05, 3.63) is 58.7 Å². The average Bonchev–Trinajstić information content (AvgIpc) is 2.68. The lowest BCUT2D eigenvalue weighted by Gasteiger charge is -2.27. The third kappa shape index (κ3) is 6.24. The highest BCUT2D eigenvalue weighted by Gasteiger charge is 2.30. The Balaban J connectivity index is 2.25. The van der Waals surface area contributed by atoms with Gasteiger partial charge in [0.15, 0.2) is 0 Å². The minimum Gasteiger partial charge on any atom is -0.488 e. The Morgan fingerprint density at radius 2 is 1.56 bits per heavy atom. The topological polar surface area (TPSA) is 49.9 Å². The van der Waals surface area contributed by atoms with Crippen LogP contribution < -0.4 is 9.64 Å². The Kier molecular flexibility index (Phi) is 7.59. The summed E-state index contributed by atoms with van der Waals surface area (Å²) in [5.41, 5.74) is 1.60. The maximum atomic E-state index is 13.0. The Morgan fingerprint density at radius 3 is 1.97 bits per heavy atom. The van der Waals surface area contributed by atoms with Gasteiger partial charge in [0.25, 0.3) is 0 Å². The summed E-state index contributed by atoms with van der Waals surface area (Å²) in [7, 11) is 0. The molecule has 2 aromatic rings. The summed E-state index contributed by atoms with van der Waals surface area (Å²) in [6.45, 7) is 11.5. The average molecular weight is 451 g/mol. The van der Waals surface area contributed by atoms with Crippen molar-refractivity contribution in [2.24, 2.45) is 0 Å². The number of urea groups is 1. The summed E-state index contributed by atoms with van der Waals surface area (Å²) >= 11 is 0. The molecule has 0 radical (unpaired) electrons. The van der Waals surface area contributed by atoms with Crippen LogP contribution in [-0.4, -0.2) is 29.5 Å². The number of aryl methyl sites for hydroxylation is 2. The standard InChI is InChI=1S/C24H29F3N2O3/c1-7-29(20-10-8-19(9-11-20)24(25,26)27)22(31)28(15-30)14-18-12-16(2)21(17(3)13-18)32-23(4,5)6/h8-13,15H,7,14H2,1-6H3. The molecule has 0 spiro atoms. The van der Waals surface area contributed by atoms with Gasteiger partial charge in [-0.25, -0.2) is 4.79 Å². The number of amides is 3. The first-order valence-electron chi connectivity index (χ1n) is 10.3. The van der Waals surface area contributed by atoms with Crippen molar-refractivity contribution < 1.29 is 27.5 Å². The van der Waals surface area contributed by atoms with Gasteiger partial charge in [-0.2, -0.15) is 13.2 Å². The number of benzene rings is 2. The number of ether oxygens (including phenoxy) is 1. The number of anilines is 1. The number of hydrogen-bond acceptors (Lipinski definition) is 3. The van der Waals surface area contributed by atoms with E-state index >= 15 is 0 Å². The predicted octanol–water partition coefficient (Wildman–Crippen LogP) is 6.10. The number of carbonyl (C=O) groups excluding carboxylic acids is 2. The molecule has 8 heteroatoms. The molecule has 5 nitrogen and oxygen atoms in total. The van der Waals surface area contributed by atoms with Gasteiger partial charge in [0.2, 0.25) is 6.41 Å². The van der Waals surface area contributed by atoms with E-state index in [0.717, 1.165) is 39.5 Å². The Hall–Kier alpha value is -3.03. The van der Waals surface area contributed by atoms with Gasteiger partial charge in [-0.15, -0.1) is 0 Å². The lowest BCUT2D eigenvalue weighted by Crippen LogP contribution is -2.42. The van der Waals surface area contributed by atoms with Gasteiger partial charge in [-0.1, -0.05) is 12.1 Å². The molecule has 32 heavy (non-hydrogen) atoms. The molecule has 0 N–H and O–H groups in total. The molecule has 0 bridgehead atoms. The first-order chi connectivity index (χ1) is 14.8. The van der Waals surface area contributed by atoms with E-state index in [1.54, 1.807) is 6.92 Å². The van der Waals surface area contributed by atoms with Crippen molar-refractivity contribution >= 4 is 18.1 Å². The number of carbonyl (C=O) groups is 2. The molecule has 0 atom stereocenters. The summed E-state index contributed by atoms with van der Waals surface area (Å²) in [6.07, 6.45) is -4.04. The first-order valence-corrected chi connectivity index (χ1v) is 10.3. The van der Waals surface area contributed by atoms with Gasteiger partial charge in [0.1, 0.15) is 11.4 Å². The molecule has 0 unspecified atom stereocenters. The van der Waals surface area contributed by atoms with Crippen molar-refractivity contribution in [2.45, 2.75) is 59.9 Å². The van der Waals surface area contributed by atoms with Crippen LogP contribution in [0.25, 0.3) is 0 Å². The molecule has 0 fully saturated rings. The van der Waals surface area contributed by atoms with Crippen LogP contribution in [0.4, 0.5) is 23.7 Å². The molecule has 0 saturated heterocycles. The minimum absolute atomic E-state index is 0.0247. The molecule has 2 rings (SSSR count). The minimum atomic E-state index is -4.47. The molecular formula is C24H29F3N2O3. The molecule has 0 aliphatic heterocycles. The summed E-state index contributed by atoms with van der Waals surface area (Å²) in [4.78, 5) is 27.0. The fourth-order valence-corrected chi connectivity index (χ4v) is 3.36. The number of imide groups is 1. The van der Waals surface area contributed by atoms with Gasteiger partial charge in [-0.05, 0) is 82.5 Å². The maximum Gasteiger partial charge on any atom is 0.416 e. The van der Waals surface area contributed by atoms with Gasteiger partial charge in [-0.3, -0.25) is 14.6 Å². The van der Waals surface area contributed by atoms with Crippen LogP contribution in [-0.2, 0) is 17.5 Å². The van der Waals surface area contributed by atoms with Crippen LogP contribution in [0.15, 0.2) is 36.4 Å². The highest BCUT2D eigenvalue weighted by atomic mass is 19.4. The van der Waals surface area contributed by atoms with Crippen LogP contribution in [0.1, 0.15) is 49.9 Å². The number of alkyl halides is 3. The van der Waals surface area contributed by atoms with Crippen LogP contribution in [0.2, 0.25) is 0 Å². The van der Waals surface area contributed by atoms with E-state index in [1.165, 1.54) is 17.0 Å². The fraction of sp³-hybridized carbons (Fsp3) is 0.417. The SMILES string of the molecule is CCN(C(=O)N(C=O)Cc1cc(C)c(OC(C)(C)C)c(C)c1)c1ccc(C(F)(F)F)cc1. The van der Waals surface area contributed by atoms with Crippen LogP contribution >= 0.6 is 0 Å². The van der Waals surface area contributed by atoms with E-state index < -0.39 is 17.8 Å². The molecule has 2 aromatic carbocycles. The van der Waals surface area contributed by atoms with Gasteiger partial charge >= 0.3 is 12.2 Å². The molecule has 0 aliphatic rings. The Labute approximate surface area is 186 Å². The van der Waals surface area contributed by atoms with Crippen LogP contribution in [0.5, 0.6) is 5.75 Å². The lowest BCUT2D eigenvalue weighted by molar-refractivity contribution is -0.137. The highest BCUT2D eigenvalue weighted by molar-refractivity contribution is 5.97. The normalized spacial score (nSPS) is 11.8. The van der Waals surface area contributed by atoms with Gasteiger partial charge in [0.05, 0.1) is 12.1 Å². The summed E-state index contributed by atoms with van der Waals surface area (Å²) in [6, 6.07) is 7.36. The van der Waals surface area contributed by atoms with E-state index in [9.17, 15) is 22.8 Å². The Morgan fingerprint density at radius 1 is 1.03 bits per heavy atom. The van der Waals surface area contributed by atoms with E-state index in [0.29, 0.717) is 6.41 Å². The number of rotatable bonds is 6. The smallest absolute Gasteiger partial charge is 0.416 e. The summed E-state index contributed by atoms with van der Waals surface area (Å²) in [5.74, 6) is 0.755. The van der Waals surface area contributed by atoms with Crippen molar-refractivity contribution in [2.75, 3.05) is 11.4 Å². The summed E-state index contributed by atoms with van der Waals surface area (Å²) < 4.78 is 44.5. The van der Waals surface area contributed by atoms with Gasteiger partial charge < -0.3 is 4.74 Å². The zero-order chi connectivity index (χ0) is 24.3. The quantitative estimate of drug-likeness (QED) is 0.500. The number of hydrogen-bond donors (Lipinski definition) is 0. The third-order valence-electron chi connectivity index (χ3n) is 4.71. The van der Waals surface area contributed by atoms with Crippen molar-refractivity contribution in [1.82, 2.24) is 4.90 Å². The van der Waals surface area contributed by atoms with E-state index in [-0.39, 0.29) is 24.4 Å².